The third kappa shape index (κ3) is 6.61. The highest BCUT2D eigenvalue weighted by atomic mass is 16.3. The minimum atomic E-state index is -1.19. The lowest BCUT2D eigenvalue weighted by molar-refractivity contribution is -0.133. The third-order valence-electron chi connectivity index (χ3n) is 8.67. The average molecular weight is 555 g/mol. The lowest BCUT2D eigenvalue weighted by atomic mass is 9.83. The minimum Gasteiger partial charge on any atom is -0.387 e. The van der Waals surface area contributed by atoms with Gasteiger partial charge < -0.3 is 20.8 Å². The molecule has 4 aromatic carbocycles. The van der Waals surface area contributed by atoms with Gasteiger partial charge in [-0.1, -0.05) is 100 Å². The molecule has 4 rings (SSSR count). The van der Waals surface area contributed by atoms with E-state index in [1.54, 1.807) is 0 Å². The fraction of sp³-hybridized carbons (Fsp3) is 0.371. The summed E-state index contributed by atoms with van der Waals surface area (Å²) in [5.41, 5.74) is -0.812. The van der Waals surface area contributed by atoms with Gasteiger partial charge in [0, 0.05) is 0 Å². The van der Waals surface area contributed by atoms with Crippen LogP contribution in [0.15, 0.2) is 84.9 Å². The Balaban J connectivity index is 1.57. The van der Waals surface area contributed by atoms with E-state index in [4.69, 9.17) is 0 Å². The SMILES string of the molecule is CCC(O)(CC)C(NC(=O)CC(=O)NC(c1ccc2ccccc2c1)C(O)(CC)CC)c1ccc2ccccc2c1. The standard InChI is InChI=1S/C35H42N2O4/c1-5-34(40,6-2)32(28-19-17-24-13-9-11-15-26(24)21-28)36-30(38)23-31(39)37-33(35(41,7-3)8-4)29-20-18-25-14-10-12-16-27(25)22-29/h9-22,32-33,40-41H,5-8,23H2,1-4H3,(H,36,38)(H,37,39). The third-order valence-corrected chi connectivity index (χ3v) is 8.67. The Kier molecular flexibility index (Phi) is 9.46. The van der Waals surface area contributed by atoms with Gasteiger partial charge in [0.05, 0.1) is 23.3 Å². The van der Waals surface area contributed by atoms with Crippen LogP contribution in [0.2, 0.25) is 0 Å². The number of fused-ring (bicyclic) bond motifs is 2. The fourth-order valence-electron chi connectivity index (χ4n) is 5.72. The van der Waals surface area contributed by atoms with Crippen molar-refractivity contribution in [2.45, 2.75) is 83.1 Å². The van der Waals surface area contributed by atoms with Crippen molar-refractivity contribution in [1.82, 2.24) is 10.6 Å². The van der Waals surface area contributed by atoms with Crippen LogP contribution in [-0.2, 0) is 9.59 Å². The first-order valence-electron chi connectivity index (χ1n) is 14.7. The summed E-state index contributed by atoms with van der Waals surface area (Å²) in [5, 5.41) is 33.1. The molecule has 0 bridgehead atoms. The van der Waals surface area contributed by atoms with Crippen LogP contribution in [0.5, 0.6) is 0 Å². The number of hydrogen-bond donors (Lipinski definition) is 4. The summed E-state index contributed by atoms with van der Waals surface area (Å²) in [5.74, 6) is -0.982. The number of amides is 2. The summed E-state index contributed by atoms with van der Waals surface area (Å²) in [7, 11) is 0. The van der Waals surface area contributed by atoms with Crippen molar-refractivity contribution < 1.29 is 19.8 Å². The van der Waals surface area contributed by atoms with Gasteiger partial charge in [0.15, 0.2) is 0 Å². The van der Waals surface area contributed by atoms with Crippen molar-refractivity contribution in [3.63, 3.8) is 0 Å². The molecule has 2 unspecified atom stereocenters. The van der Waals surface area contributed by atoms with E-state index in [-0.39, 0.29) is 0 Å². The normalized spacial score (nSPS) is 13.6. The summed E-state index contributed by atoms with van der Waals surface area (Å²) in [6.45, 7) is 7.56. The topological polar surface area (TPSA) is 98.7 Å². The van der Waals surface area contributed by atoms with E-state index in [9.17, 15) is 19.8 Å². The van der Waals surface area contributed by atoms with Gasteiger partial charge in [-0.05, 0) is 70.5 Å². The first-order valence-corrected chi connectivity index (χ1v) is 14.7. The Morgan fingerprint density at radius 2 is 0.927 bits per heavy atom. The summed E-state index contributed by atoms with van der Waals surface area (Å²) < 4.78 is 0. The van der Waals surface area contributed by atoms with E-state index in [1.165, 1.54) is 0 Å². The van der Waals surface area contributed by atoms with Gasteiger partial charge >= 0.3 is 0 Å². The first kappa shape index (κ1) is 30.2. The number of aliphatic hydroxyl groups is 2. The Morgan fingerprint density at radius 3 is 1.27 bits per heavy atom. The molecule has 0 saturated heterocycles. The Bertz CT molecular complexity index is 1390. The molecular formula is C35H42N2O4. The second kappa shape index (κ2) is 12.8. The van der Waals surface area contributed by atoms with E-state index in [0.29, 0.717) is 25.7 Å². The molecule has 0 aliphatic heterocycles. The van der Waals surface area contributed by atoms with E-state index in [0.717, 1.165) is 32.7 Å². The molecule has 0 fully saturated rings. The predicted molar refractivity (Wildman–Crippen MR) is 165 cm³/mol. The second-order valence-corrected chi connectivity index (χ2v) is 11.0. The Labute approximate surface area is 242 Å². The van der Waals surface area contributed by atoms with Gasteiger partial charge in [-0.3, -0.25) is 9.59 Å². The molecule has 41 heavy (non-hydrogen) atoms. The molecule has 0 spiro atoms. The molecule has 0 aliphatic rings. The quantitative estimate of drug-likeness (QED) is 0.150. The number of carbonyl (C=O) groups excluding carboxylic acids is 2. The maximum atomic E-state index is 13.3. The molecule has 6 nitrogen and oxygen atoms in total. The second-order valence-electron chi connectivity index (χ2n) is 11.0. The minimum absolute atomic E-state index is 0.428. The molecule has 2 amide bonds. The maximum Gasteiger partial charge on any atom is 0.230 e. The van der Waals surface area contributed by atoms with Crippen molar-refractivity contribution in [1.29, 1.82) is 0 Å². The summed E-state index contributed by atoms with van der Waals surface area (Å²) in [6, 6.07) is 26.2. The van der Waals surface area contributed by atoms with Crippen LogP contribution in [0.1, 0.15) is 83.0 Å². The highest BCUT2D eigenvalue weighted by Gasteiger charge is 2.38. The van der Waals surface area contributed by atoms with Crippen LogP contribution in [0, 0.1) is 0 Å². The molecule has 4 N–H and O–H groups in total. The zero-order valence-electron chi connectivity index (χ0n) is 24.5. The predicted octanol–water partition coefficient (Wildman–Crippen LogP) is 6.50. The van der Waals surface area contributed by atoms with E-state index >= 15 is 0 Å². The lowest BCUT2D eigenvalue weighted by Crippen LogP contribution is -2.48. The Morgan fingerprint density at radius 1 is 0.585 bits per heavy atom. The number of rotatable bonds is 12. The largest absolute Gasteiger partial charge is 0.387 e. The van der Waals surface area contributed by atoms with Crippen molar-refractivity contribution in [3.8, 4) is 0 Å². The number of hydrogen-bond acceptors (Lipinski definition) is 4. The van der Waals surface area contributed by atoms with Gasteiger partial charge in [-0.25, -0.2) is 0 Å². The van der Waals surface area contributed by atoms with Crippen molar-refractivity contribution >= 4 is 33.4 Å². The highest BCUT2D eigenvalue weighted by Crippen LogP contribution is 2.35. The smallest absolute Gasteiger partial charge is 0.230 e. The van der Waals surface area contributed by atoms with Crippen LogP contribution in [-0.4, -0.2) is 33.2 Å². The van der Waals surface area contributed by atoms with Crippen molar-refractivity contribution in [2.75, 3.05) is 0 Å². The fourth-order valence-corrected chi connectivity index (χ4v) is 5.72. The summed E-state index contributed by atoms with van der Waals surface area (Å²) in [4.78, 5) is 26.6. The van der Waals surface area contributed by atoms with Crippen molar-refractivity contribution in [3.05, 3.63) is 96.1 Å². The molecule has 2 atom stereocenters. The molecular weight excluding hydrogens is 512 g/mol. The van der Waals surface area contributed by atoms with Crippen LogP contribution in [0.3, 0.4) is 0 Å². The van der Waals surface area contributed by atoms with Crippen LogP contribution in [0.4, 0.5) is 0 Å². The van der Waals surface area contributed by atoms with Gasteiger partial charge in [-0.15, -0.1) is 0 Å². The van der Waals surface area contributed by atoms with E-state index in [2.05, 4.69) is 10.6 Å². The number of benzene rings is 4. The number of nitrogens with one attached hydrogen (secondary N) is 2. The molecule has 0 aliphatic carbocycles. The molecule has 0 saturated carbocycles. The monoisotopic (exact) mass is 554 g/mol. The lowest BCUT2D eigenvalue weighted by Gasteiger charge is -2.37. The van der Waals surface area contributed by atoms with Gasteiger partial charge in [0.1, 0.15) is 6.42 Å². The highest BCUT2D eigenvalue weighted by molar-refractivity contribution is 5.97. The van der Waals surface area contributed by atoms with Crippen LogP contribution < -0.4 is 10.6 Å². The number of carbonyl (C=O) groups is 2. The molecule has 0 aromatic heterocycles. The molecule has 216 valence electrons. The molecule has 0 heterocycles. The average Bonchev–Trinajstić information content (AvgIpc) is 3.01. The van der Waals surface area contributed by atoms with E-state index < -0.39 is 41.5 Å². The maximum absolute atomic E-state index is 13.3. The molecule has 6 heteroatoms. The summed E-state index contributed by atoms with van der Waals surface area (Å²) >= 11 is 0. The van der Waals surface area contributed by atoms with Crippen molar-refractivity contribution in [2.24, 2.45) is 0 Å². The zero-order valence-corrected chi connectivity index (χ0v) is 24.5. The molecule has 0 radical (unpaired) electrons. The molecule has 4 aromatic rings. The first-order chi connectivity index (χ1) is 19.7. The van der Waals surface area contributed by atoms with Crippen LogP contribution in [0.25, 0.3) is 21.5 Å². The van der Waals surface area contributed by atoms with Gasteiger partial charge in [-0.2, -0.15) is 0 Å². The zero-order chi connectivity index (χ0) is 29.6. The summed E-state index contributed by atoms with van der Waals surface area (Å²) in [6.07, 6.45) is 1.28. The van der Waals surface area contributed by atoms with Gasteiger partial charge in [0.25, 0.3) is 0 Å². The van der Waals surface area contributed by atoms with Gasteiger partial charge in [0.2, 0.25) is 11.8 Å². The van der Waals surface area contributed by atoms with Crippen LogP contribution >= 0.6 is 0 Å². The van der Waals surface area contributed by atoms with E-state index in [1.807, 2.05) is 113 Å². The Hall–Kier alpha value is -3.74.